The van der Waals surface area contributed by atoms with Gasteiger partial charge >= 0.3 is 0 Å². The highest BCUT2D eigenvalue weighted by molar-refractivity contribution is 6.05. The molecule has 5 rings (SSSR count). The minimum atomic E-state index is 0.431. The largest absolute Gasteiger partial charge is 0.450 e. The average molecular weight is 316 g/mol. The van der Waals surface area contributed by atoms with Crippen molar-refractivity contribution in [1.29, 1.82) is 0 Å². The Morgan fingerprint density at radius 3 is 2.83 bits per heavy atom. The Balaban J connectivity index is 1.55. The van der Waals surface area contributed by atoms with Crippen LogP contribution in [-0.2, 0) is 0 Å². The summed E-state index contributed by atoms with van der Waals surface area (Å²) in [6.45, 7) is 1.85. The van der Waals surface area contributed by atoms with Gasteiger partial charge in [0.2, 0.25) is 0 Å². The molecule has 118 valence electrons. The van der Waals surface area contributed by atoms with Crippen molar-refractivity contribution < 1.29 is 4.42 Å². The molecule has 0 saturated carbocycles. The van der Waals surface area contributed by atoms with Crippen molar-refractivity contribution in [2.24, 2.45) is 0 Å². The van der Waals surface area contributed by atoms with Crippen LogP contribution in [0, 0.1) is 0 Å². The van der Waals surface area contributed by atoms with Crippen molar-refractivity contribution in [1.82, 2.24) is 15.0 Å². The first-order valence-corrected chi connectivity index (χ1v) is 8.18. The van der Waals surface area contributed by atoms with Gasteiger partial charge in [0.15, 0.2) is 11.4 Å². The topological polar surface area (TPSA) is 55.1 Å². The number of hydrogen-bond acceptors (Lipinski definition) is 5. The van der Waals surface area contributed by atoms with Crippen LogP contribution in [0.2, 0.25) is 0 Å². The van der Waals surface area contributed by atoms with E-state index in [-0.39, 0.29) is 0 Å². The highest BCUT2D eigenvalue weighted by atomic mass is 16.3. The number of furan rings is 1. The zero-order valence-corrected chi connectivity index (χ0v) is 13.1. The van der Waals surface area contributed by atoms with Crippen LogP contribution in [0.25, 0.3) is 22.1 Å². The molecule has 0 bridgehead atoms. The number of benzene rings is 1. The Bertz CT molecular complexity index is 1010. The molecule has 1 saturated heterocycles. The van der Waals surface area contributed by atoms with Gasteiger partial charge in [-0.1, -0.05) is 18.2 Å². The van der Waals surface area contributed by atoms with Gasteiger partial charge in [0.25, 0.3) is 0 Å². The number of pyridine rings is 1. The molecule has 0 radical (unpaired) electrons. The van der Waals surface area contributed by atoms with E-state index in [2.05, 4.69) is 25.9 Å². The summed E-state index contributed by atoms with van der Waals surface area (Å²) in [6, 6.07) is 14.1. The quantitative estimate of drug-likeness (QED) is 0.563. The number of nitrogens with zero attached hydrogens (tertiary/aromatic N) is 4. The molecule has 0 amide bonds. The molecular formula is C19H16N4O. The fourth-order valence-electron chi connectivity index (χ4n) is 3.55. The van der Waals surface area contributed by atoms with Crippen LogP contribution in [0.5, 0.6) is 0 Å². The fourth-order valence-corrected chi connectivity index (χ4v) is 3.55. The predicted octanol–water partition coefficient (Wildman–Crippen LogP) is 3.76. The molecular weight excluding hydrogens is 300 g/mol. The van der Waals surface area contributed by atoms with E-state index in [1.807, 2.05) is 42.6 Å². The van der Waals surface area contributed by atoms with Crippen LogP contribution in [0.1, 0.15) is 18.0 Å². The van der Waals surface area contributed by atoms with E-state index < -0.39 is 0 Å². The molecule has 0 aliphatic carbocycles. The SMILES string of the molecule is c1ccc(C2CCN(c3ncnc4c3oc3ccccc34)C2)nc1. The van der Waals surface area contributed by atoms with Crippen LogP contribution in [0.4, 0.5) is 5.82 Å². The van der Waals surface area contributed by atoms with Gasteiger partial charge in [-0.05, 0) is 30.7 Å². The zero-order chi connectivity index (χ0) is 15.9. The van der Waals surface area contributed by atoms with Crippen LogP contribution in [0.3, 0.4) is 0 Å². The van der Waals surface area contributed by atoms with Crippen molar-refractivity contribution in [2.75, 3.05) is 18.0 Å². The van der Waals surface area contributed by atoms with E-state index in [4.69, 9.17) is 4.42 Å². The molecule has 1 atom stereocenters. The molecule has 5 heteroatoms. The molecule has 1 aliphatic heterocycles. The van der Waals surface area contributed by atoms with Gasteiger partial charge in [0.1, 0.15) is 17.4 Å². The summed E-state index contributed by atoms with van der Waals surface area (Å²) in [6.07, 6.45) is 4.57. The lowest BCUT2D eigenvalue weighted by Gasteiger charge is -2.17. The smallest absolute Gasteiger partial charge is 0.196 e. The van der Waals surface area contributed by atoms with E-state index in [0.29, 0.717) is 5.92 Å². The van der Waals surface area contributed by atoms with E-state index >= 15 is 0 Å². The third-order valence-corrected chi connectivity index (χ3v) is 4.73. The Morgan fingerprint density at radius 1 is 1.00 bits per heavy atom. The minimum absolute atomic E-state index is 0.431. The maximum Gasteiger partial charge on any atom is 0.196 e. The van der Waals surface area contributed by atoms with Gasteiger partial charge in [-0.25, -0.2) is 9.97 Å². The van der Waals surface area contributed by atoms with Gasteiger partial charge < -0.3 is 9.32 Å². The minimum Gasteiger partial charge on any atom is -0.450 e. The zero-order valence-electron chi connectivity index (χ0n) is 13.1. The summed E-state index contributed by atoms with van der Waals surface area (Å²) in [7, 11) is 0. The van der Waals surface area contributed by atoms with Crippen molar-refractivity contribution in [3.05, 3.63) is 60.7 Å². The normalized spacial score (nSPS) is 17.8. The molecule has 4 heterocycles. The summed E-state index contributed by atoms with van der Waals surface area (Å²) < 4.78 is 6.05. The van der Waals surface area contributed by atoms with Gasteiger partial charge in [-0.15, -0.1) is 0 Å². The molecule has 5 nitrogen and oxygen atoms in total. The molecule has 0 spiro atoms. The fraction of sp³-hybridized carbons (Fsp3) is 0.211. The number of rotatable bonds is 2. The van der Waals surface area contributed by atoms with Gasteiger partial charge in [-0.3, -0.25) is 4.98 Å². The third-order valence-electron chi connectivity index (χ3n) is 4.73. The van der Waals surface area contributed by atoms with Gasteiger partial charge in [0.05, 0.1) is 0 Å². The number of para-hydroxylation sites is 1. The Labute approximate surface area is 139 Å². The Hall–Kier alpha value is -2.95. The Kier molecular flexibility index (Phi) is 2.98. The molecule has 1 aliphatic rings. The van der Waals surface area contributed by atoms with Crippen molar-refractivity contribution in [3.63, 3.8) is 0 Å². The highest BCUT2D eigenvalue weighted by Gasteiger charge is 2.28. The summed E-state index contributed by atoms with van der Waals surface area (Å²) in [5, 5.41) is 1.04. The van der Waals surface area contributed by atoms with Gasteiger partial charge in [0, 0.05) is 36.3 Å². The lowest BCUT2D eigenvalue weighted by Crippen LogP contribution is -2.20. The standard InChI is InChI=1S/C19H16N4O/c1-2-7-16-14(5-1)17-18(24-16)19(22-12-21-17)23-10-8-13(11-23)15-6-3-4-9-20-15/h1-7,9,12-13H,8,10-11H2. The molecule has 24 heavy (non-hydrogen) atoms. The van der Waals surface area contributed by atoms with E-state index in [1.165, 1.54) is 0 Å². The number of hydrogen-bond donors (Lipinski definition) is 0. The second kappa shape index (κ2) is 5.30. The summed E-state index contributed by atoms with van der Waals surface area (Å²) >= 11 is 0. The number of aromatic nitrogens is 3. The molecule has 4 aromatic rings. The van der Waals surface area contributed by atoms with Crippen LogP contribution in [0.15, 0.2) is 59.4 Å². The summed E-state index contributed by atoms with van der Waals surface area (Å²) in [4.78, 5) is 15.7. The molecule has 0 N–H and O–H groups in total. The lowest BCUT2D eigenvalue weighted by molar-refractivity contribution is 0.662. The third kappa shape index (κ3) is 2.05. The predicted molar refractivity (Wildman–Crippen MR) is 93.1 cm³/mol. The van der Waals surface area contributed by atoms with Crippen LogP contribution < -0.4 is 4.90 Å². The van der Waals surface area contributed by atoms with Crippen molar-refractivity contribution >= 4 is 27.9 Å². The number of fused-ring (bicyclic) bond motifs is 3. The first kappa shape index (κ1) is 13.5. The first-order valence-electron chi connectivity index (χ1n) is 8.18. The highest BCUT2D eigenvalue weighted by Crippen LogP contribution is 2.35. The first-order chi connectivity index (χ1) is 11.9. The maximum atomic E-state index is 6.05. The van der Waals surface area contributed by atoms with E-state index in [1.54, 1.807) is 6.33 Å². The van der Waals surface area contributed by atoms with Gasteiger partial charge in [-0.2, -0.15) is 0 Å². The van der Waals surface area contributed by atoms with Crippen LogP contribution >= 0.6 is 0 Å². The van der Waals surface area contributed by atoms with Crippen LogP contribution in [-0.4, -0.2) is 28.0 Å². The van der Waals surface area contributed by atoms with E-state index in [9.17, 15) is 0 Å². The molecule has 1 aromatic carbocycles. The molecule has 3 aromatic heterocycles. The van der Waals surface area contributed by atoms with Crippen molar-refractivity contribution in [3.8, 4) is 0 Å². The molecule has 1 fully saturated rings. The average Bonchev–Trinajstić information content (AvgIpc) is 3.27. The van der Waals surface area contributed by atoms with Crippen molar-refractivity contribution in [2.45, 2.75) is 12.3 Å². The number of anilines is 1. The molecule has 1 unspecified atom stereocenters. The summed E-state index contributed by atoms with van der Waals surface area (Å²) in [5.41, 5.74) is 3.67. The maximum absolute atomic E-state index is 6.05. The Morgan fingerprint density at radius 2 is 1.92 bits per heavy atom. The second-order valence-electron chi connectivity index (χ2n) is 6.16. The second-order valence-corrected chi connectivity index (χ2v) is 6.16. The van der Waals surface area contributed by atoms with E-state index in [0.717, 1.165) is 53.1 Å². The monoisotopic (exact) mass is 316 g/mol. The summed E-state index contributed by atoms with van der Waals surface area (Å²) in [5.74, 6) is 1.32. The lowest BCUT2D eigenvalue weighted by atomic mass is 10.0.